The summed E-state index contributed by atoms with van der Waals surface area (Å²) in [6.45, 7) is 5.05. The Kier molecular flexibility index (Phi) is 6.31. The molecule has 0 radical (unpaired) electrons. The van der Waals surface area contributed by atoms with Crippen LogP contribution in [-0.2, 0) is 11.3 Å². The second kappa shape index (κ2) is 9.70. The Morgan fingerprint density at radius 1 is 1.03 bits per heavy atom. The summed E-state index contributed by atoms with van der Waals surface area (Å²) in [5, 5.41) is 6.16. The Bertz CT molecular complexity index is 1250. The van der Waals surface area contributed by atoms with Crippen molar-refractivity contribution in [2.45, 2.75) is 44.8 Å². The highest BCUT2D eigenvalue weighted by Crippen LogP contribution is 2.43. The number of benzene rings is 2. The first kappa shape index (κ1) is 22.8. The van der Waals surface area contributed by atoms with Gasteiger partial charge in [-0.2, -0.15) is 0 Å². The van der Waals surface area contributed by atoms with Crippen LogP contribution in [0.25, 0.3) is 22.4 Å². The summed E-state index contributed by atoms with van der Waals surface area (Å²) in [5.41, 5.74) is 10.7. The fraction of sp³-hybridized carbons (Fsp3) is 0.286. The maximum atomic E-state index is 12.7. The topological polar surface area (TPSA) is 98.4 Å². The number of nitrogens with two attached hydrogens (primary N) is 1. The summed E-state index contributed by atoms with van der Waals surface area (Å²) in [5.74, 6) is 0.862. The average molecular weight is 471 g/mol. The molecule has 3 aromatic rings. The maximum Gasteiger partial charge on any atom is 0.253 e. The summed E-state index contributed by atoms with van der Waals surface area (Å²) < 4.78 is 8.28. The lowest BCUT2D eigenvalue weighted by molar-refractivity contribution is -0.111. The number of rotatable bonds is 7. The van der Waals surface area contributed by atoms with Gasteiger partial charge < -0.3 is 25.7 Å². The van der Waals surface area contributed by atoms with Crippen molar-refractivity contribution in [2.75, 3.05) is 17.2 Å². The minimum absolute atomic E-state index is 0.265. The molecule has 0 bridgehead atoms. The Labute approximate surface area is 205 Å². The molecule has 0 saturated heterocycles. The Morgan fingerprint density at radius 3 is 2.37 bits per heavy atom. The first-order chi connectivity index (χ1) is 17.0. The van der Waals surface area contributed by atoms with Gasteiger partial charge in [0.05, 0.1) is 17.4 Å². The van der Waals surface area contributed by atoms with Gasteiger partial charge in [0, 0.05) is 24.3 Å². The Hall–Kier alpha value is -4.00. The number of carbonyl (C=O) groups excluding carboxylic acids is 2. The Morgan fingerprint density at radius 2 is 1.71 bits per heavy atom. The van der Waals surface area contributed by atoms with E-state index in [1.54, 1.807) is 0 Å². The lowest BCUT2D eigenvalue weighted by Gasteiger charge is -2.20. The minimum atomic E-state index is -0.467. The molecule has 2 aromatic carbocycles. The van der Waals surface area contributed by atoms with Crippen LogP contribution in [0.2, 0.25) is 0 Å². The van der Waals surface area contributed by atoms with Crippen LogP contribution in [0, 0.1) is 0 Å². The van der Waals surface area contributed by atoms with Crippen molar-refractivity contribution in [1.82, 2.24) is 4.57 Å². The summed E-state index contributed by atoms with van der Waals surface area (Å²) in [6.07, 6.45) is 7.08. The molecule has 1 aliphatic carbocycles. The van der Waals surface area contributed by atoms with Gasteiger partial charge in [-0.05, 0) is 73.6 Å². The molecule has 5 rings (SSSR count). The van der Waals surface area contributed by atoms with Gasteiger partial charge in [0.25, 0.3) is 5.91 Å². The van der Waals surface area contributed by atoms with Crippen molar-refractivity contribution in [3.63, 3.8) is 0 Å². The number of hydrogen-bond acceptors (Lipinski definition) is 4. The third-order valence-electron chi connectivity index (χ3n) is 6.72. The van der Waals surface area contributed by atoms with Gasteiger partial charge in [-0.15, -0.1) is 0 Å². The molecule has 1 aromatic heterocycles. The molecule has 2 heterocycles. The van der Waals surface area contributed by atoms with Crippen LogP contribution in [0.15, 0.2) is 61.2 Å². The van der Waals surface area contributed by atoms with E-state index >= 15 is 0 Å². The van der Waals surface area contributed by atoms with E-state index in [0.29, 0.717) is 11.3 Å². The SMILES string of the molecule is C=CC(=O)Nc1ccc(-c2c(-c3ccc(OC4CCCC4)cc3)c(C(N)=O)c3n2CCCN3)cc1. The zero-order valence-corrected chi connectivity index (χ0v) is 19.7. The second-order valence-electron chi connectivity index (χ2n) is 9.06. The molecule has 1 saturated carbocycles. The summed E-state index contributed by atoms with van der Waals surface area (Å²) in [4.78, 5) is 24.4. The van der Waals surface area contributed by atoms with E-state index in [0.717, 1.165) is 66.3 Å². The molecule has 7 heteroatoms. The highest BCUT2D eigenvalue weighted by atomic mass is 16.5. The molecule has 35 heavy (non-hydrogen) atoms. The molecular formula is C28H30N4O3. The number of anilines is 2. The van der Waals surface area contributed by atoms with Gasteiger partial charge in [0.15, 0.2) is 0 Å². The van der Waals surface area contributed by atoms with Crippen molar-refractivity contribution >= 4 is 23.3 Å². The van der Waals surface area contributed by atoms with Gasteiger partial charge in [-0.3, -0.25) is 9.59 Å². The summed E-state index contributed by atoms with van der Waals surface area (Å²) in [7, 11) is 0. The third-order valence-corrected chi connectivity index (χ3v) is 6.72. The molecule has 0 spiro atoms. The van der Waals surface area contributed by atoms with Crippen molar-refractivity contribution in [3.05, 3.63) is 66.7 Å². The smallest absolute Gasteiger partial charge is 0.253 e. The molecule has 2 aliphatic rings. The van der Waals surface area contributed by atoms with E-state index in [9.17, 15) is 9.59 Å². The highest BCUT2D eigenvalue weighted by molar-refractivity contribution is 6.09. The zero-order chi connectivity index (χ0) is 24.4. The highest BCUT2D eigenvalue weighted by Gasteiger charge is 2.29. The van der Waals surface area contributed by atoms with Crippen LogP contribution in [0.5, 0.6) is 5.75 Å². The summed E-state index contributed by atoms with van der Waals surface area (Å²) in [6, 6.07) is 15.5. The predicted octanol–water partition coefficient (Wildman–Crippen LogP) is 5.18. The number of primary amides is 1. The van der Waals surface area contributed by atoms with Gasteiger partial charge in [-0.25, -0.2) is 0 Å². The monoisotopic (exact) mass is 470 g/mol. The zero-order valence-electron chi connectivity index (χ0n) is 19.7. The molecule has 7 nitrogen and oxygen atoms in total. The molecule has 2 amide bonds. The molecule has 180 valence electrons. The van der Waals surface area contributed by atoms with Crippen molar-refractivity contribution in [2.24, 2.45) is 5.73 Å². The first-order valence-electron chi connectivity index (χ1n) is 12.2. The van der Waals surface area contributed by atoms with Crippen LogP contribution >= 0.6 is 0 Å². The normalized spacial score (nSPS) is 15.2. The number of nitrogens with one attached hydrogen (secondary N) is 2. The van der Waals surface area contributed by atoms with E-state index in [-0.39, 0.29) is 12.0 Å². The van der Waals surface area contributed by atoms with Crippen LogP contribution in [-0.4, -0.2) is 29.0 Å². The predicted molar refractivity (Wildman–Crippen MR) is 139 cm³/mol. The van der Waals surface area contributed by atoms with Gasteiger partial charge >= 0.3 is 0 Å². The number of aromatic nitrogens is 1. The van der Waals surface area contributed by atoms with Crippen LogP contribution < -0.4 is 21.1 Å². The number of ether oxygens (including phenoxy) is 1. The molecule has 0 atom stereocenters. The number of fused-ring (bicyclic) bond motifs is 1. The van der Waals surface area contributed by atoms with Gasteiger partial charge in [0.2, 0.25) is 5.91 Å². The number of nitrogens with zero attached hydrogens (tertiary/aromatic N) is 1. The lowest BCUT2D eigenvalue weighted by atomic mass is 9.97. The van der Waals surface area contributed by atoms with E-state index in [1.165, 1.54) is 18.9 Å². The molecule has 0 unspecified atom stereocenters. The third kappa shape index (κ3) is 4.54. The van der Waals surface area contributed by atoms with E-state index in [1.807, 2.05) is 48.5 Å². The molecule has 1 fully saturated rings. The number of carbonyl (C=O) groups is 2. The lowest BCUT2D eigenvalue weighted by Crippen LogP contribution is -2.21. The fourth-order valence-electron chi connectivity index (χ4n) is 5.09. The quantitative estimate of drug-likeness (QED) is 0.414. The molecular weight excluding hydrogens is 440 g/mol. The largest absolute Gasteiger partial charge is 0.490 e. The first-order valence-corrected chi connectivity index (χ1v) is 12.2. The van der Waals surface area contributed by atoms with E-state index in [2.05, 4.69) is 21.8 Å². The van der Waals surface area contributed by atoms with Crippen molar-refractivity contribution < 1.29 is 14.3 Å². The minimum Gasteiger partial charge on any atom is -0.490 e. The van der Waals surface area contributed by atoms with Crippen molar-refractivity contribution in [1.29, 1.82) is 0 Å². The molecule has 4 N–H and O–H groups in total. The Balaban J connectivity index is 1.58. The van der Waals surface area contributed by atoms with Crippen LogP contribution in [0.3, 0.4) is 0 Å². The van der Waals surface area contributed by atoms with E-state index in [4.69, 9.17) is 10.5 Å². The van der Waals surface area contributed by atoms with Gasteiger partial charge in [-0.1, -0.05) is 30.8 Å². The maximum absolute atomic E-state index is 12.7. The van der Waals surface area contributed by atoms with Gasteiger partial charge in [0.1, 0.15) is 11.6 Å². The standard InChI is InChI=1S/C28H30N4O3/c1-2-23(33)31-20-12-8-19(9-13-20)26-24(25(27(29)34)28-30-16-5-17-32(26)28)18-10-14-22(15-11-18)35-21-6-3-4-7-21/h2,8-15,21,30H,1,3-7,16-17H2,(H2,29,34)(H,31,33). The summed E-state index contributed by atoms with van der Waals surface area (Å²) >= 11 is 0. The second-order valence-corrected chi connectivity index (χ2v) is 9.06. The van der Waals surface area contributed by atoms with Crippen LogP contribution in [0.4, 0.5) is 11.5 Å². The average Bonchev–Trinajstić information content (AvgIpc) is 3.51. The fourth-order valence-corrected chi connectivity index (χ4v) is 5.09. The molecule has 1 aliphatic heterocycles. The number of hydrogen-bond donors (Lipinski definition) is 3. The van der Waals surface area contributed by atoms with E-state index < -0.39 is 5.91 Å². The van der Waals surface area contributed by atoms with Crippen LogP contribution in [0.1, 0.15) is 42.5 Å². The van der Waals surface area contributed by atoms with Crippen molar-refractivity contribution in [3.8, 4) is 28.1 Å². The number of amides is 2.